The fraction of sp³-hybridized carbons (Fsp3) is 0.364. The van der Waals surface area contributed by atoms with Crippen molar-refractivity contribution in [2.45, 2.75) is 22.7 Å². The van der Waals surface area contributed by atoms with Gasteiger partial charge in [0.15, 0.2) is 9.84 Å². The van der Waals surface area contributed by atoms with Crippen molar-refractivity contribution in [3.63, 3.8) is 0 Å². The van der Waals surface area contributed by atoms with E-state index in [0.29, 0.717) is 17.6 Å². The van der Waals surface area contributed by atoms with Crippen molar-refractivity contribution in [3.05, 3.63) is 30.3 Å². The van der Waals surface area contributed by atoms with Crippen LogP contribution in [0.15, 0.2) is 35.2 Å². The Kier molecular flexibility index (Phi) is 3.07. The first-order chi connectivity index (χ1) is 7.66. The van der Waals surface area contributed by atoms with E-state index in [4.69, 9.17) is 4.74 Å². The molecule has 0 aromatic heterocycles. The van der Waals surface area contributed by atoms with Gasteiger partial charge in [-0.15, -0.1) is 0 Å². The van der Waals surface area contributed by atoms with Crippen molar-refractivity contribution < 1.29 is 17.9 Å². The van der Waals surface area contributed by atoms with Crippen LogP contribution < -0.4 is 0 Å². The summed E-state index contributed by atoms with van der Waals surface area (Å²) in [5.74, 6) is 0. The third kappa shape index (κ3) is 2.15. The van der Waals surface area contributed by atoms with Gasteiger partial charge in [-0.2, -0.15) is 0 Å². The standard InChI is InChI=1S/C11H12O4S/c12-6-7-15-10-8-11(10)16(13,14)9-4-2-1-3-5-9/h1-6,10-11H,7-8H2. The van der Waals surface area contributed by atoms with Crippen LogP contribution in [0, 0.1) is 0 Å². The van der Waals surface area contributed by atoms with Gasteiger partial charge < -0.3 is 9.53 Å². The third-order valence-corrected chi connectivity index (χ3v) is 4.75. The lowest BCUT2D eigenvalue weighted by atomic mass is 10.4. The molecule has 2 rings (SSSR count). The summed E-state index contributed by atoms with van der Waals surface area (Å²) in [6, 6.07) is 8.30. The smallest absolute Gasteiger partial charge is 0.183 e. The molecule has 1 aliphatic carbocycles. The Bertz CT molecular complexity index is 466. The summed E-state index contributed by atoms with van der Waals surface area (Å²) in [4.78, 5) is 10.4. The lowest BCUT2D eigenvalue weighted by Gasteiger charge is -2.03. The summed E-state index contributed by atoms with van der Waals surface area (Å²) in [5.41, 5.74) is 0. The van der Waals surface area contributed by atoms with Crippen LogP contribution in [0.4, 0.5) is 0 Å². The lowest BCUT2D eigenvalue weighted by Crippen LogP contribution is -2.13. The minimum Gasteiger partial charge on any atom is -0.369 e. The zero-order valence-corrected chi connectivity index (χ0v) is 9.39. The molecule has 2 atom stereocenters. The van der Waals surface area contributed by atoms with Crippen LogP contribution in [-0.2, 0) is 19.4 Å². The van der Waals surface area contributed by atoms with E-state index in [1.165, 1.54) is 0 Å². The van der Waals surface area contributed by atoms with Gasteiger partial charge in [0.2, 0.25) is 0 Å². The minimum atomic E-state index is -3.29. The molecule has 0 heterocycles. The SMILES string of the molecule is O=CCOC1CC1S(=O)(=O)c1ccccc1. The largest absolute Gasteiger partial charge is 0.369 e. The predicted octanol–water partition coefficient (Wildman–Crippen LogP) is 0.817. The summed E-state index contributed by atoms with van der Waals surface area (Å²) in [6.45, 7) is -0.0362. The van der Waals surface area contributed by atoms with E-state index in [0.717, 1.165) is 0 Å². The monoisotopic (exact) mass is 240 g/mol. The Morgan fingerprint density at radius 1 is 1.31 bits per heavy atom. The molecule has 0 bridgehead atoms. The molecule has 0 N–H and O–H groups in total. The Balaban J connectivity index is 2.09. The van der Waals surface area contributed by atoms with Gasteiger partial charge in [0.25, 0.3) is 0 Å². The highest BCUT2D eigenvalue weighted by atomic mass is 32.2. The number of benzene rings is 1. The molecule has 4 nitrogen and oxygen atoms in total. The Morgan fingerprint density at radius 3 is 2.62 bits per heavy atom. The maximum absolute atomic E-state index is 12.0. The van der Waals surface area contributed by atoms with Crippen molar-refractivity contribution in [2.24, 2.45) is 0 Å². The molecule has 2 unspecified atom stereocenters. The quantitative estimate of drug-likeness (QED) is 0.715. The van der Waals surface area contributed by atoms with Crippen LogP contribution in [0.5, 0.6) is 0 Å². The molecule has 86 valence electrons. The second-order valence-corrected chi connectivity index (χ2v) is 5.84. The average Bonchev–Trinajstić information content (AvgIpc) is 3.07. The van der Waals surface area contributed by atoms with Crippen LogP contribution in [0.1, 0.15) is 6.42 Å². The predicted molar refractivity (Wildman–Crippen MR) is 57.8 cm³/mol. The van der Waals surface area contributed by atoms with E-state index in [-0.39, 0.29) is 12.7 Å². The van der Waals surface area contributed by atoms with Crippen LogP contribution in [0.2, 0.25) is 0 Å². The summed E-state index contributed by atoms with van der Waals surface area (Å²) >= 11 is 0. The van der Waals surface area contributed by atoms with Crippen LogP contribution in [-0.4, -0.2) is 32.7 Å². The van der Waals surface area contributed by atoms with Gasteiger partial charge in [0.05, 0.1) is 16.2 Å². The van der Waals surface area contributed by atoms with Crippen molar-refractivity contribution in [1.29, 1.82) is 0 Å². The summed E-state index contributed by atoms with van der Waals surface area (Å²) in [7, 11) is -3.29. The van der Waals surface area contributed by atoms with Crippen molar-refractivity contribution in [2.75, 3.05) is 6.61 Å². The number of carbonyl (C=O) groups excluding carboxylic acids is 1. The Morgan fingerprint density at radius 2 is 2.00 bits per heavy atom. The van der Waals surface area contributed by atoms with Crippen LogP contribution in [0.25, 0.3) is 0 Å². The average molecular weight is 240 g/mol. The van der Waals surface area contributed by atoms with Gasteiger partial charge >= 0.3 is 0 Å². The molecule has 1 aromatic carbocycles. The molecule has 0 aliphatic heterocycles. The zero-order valence-electron chi connectivity index (χ0n) is 8.57. The highest BCUT2D eigenvalue weighted by molar-refractivity contribution is 7.92. The van der Waals surface area contributed by atoms with Crippen LogP contribution >= 0.6 is 0 Å². The van der Waals surface area contributed by atoms with Crippen LogP contribution in [0.3, 0.4) is 0 Å². The zero-order chi connectivity index (χ0) is 11.6. The molecule has 1 aliphatic rings. The summed E-state index contributed by atoms with van der Waals surface area (Å²) in [6.07, 6.45) is 0.783. The Labute approximate surface area is 94.2 Å². The molecule has 0 amide bonds. The molecule has 0 radical (unpaired) electrons. The fourth-order valence-corrected chi connectivity index (χ4v) is 3.41. The highest BCUT2D eigenvalue weighted by Crippen LogP contribution is 2.36. The lowest BCUT2D eigenvalue weighted by molar-refractivity contribution is -0.112. The van der Waals surface area contributed by atoms with Gasteiger partial charge in [-0.1, -0.05) is 18.2 Å². The van der Waals surface area contributed by atoms with Gasteiger partial charge in [-0.05, 0) is 18.6 Å². The molecule has 1 fully saturated rings. The number of hydrogen-bond donors (Lipinski definition) is 0. The first-order valence-corrected chi connectivity index (χ1v) is 6.55. The maximum Gasteiger partial charge on any atom is 0.183 e. The topological polar surface area (TPSA) is 60.4 Å². The maximum atomic E-state index is 12.0. The summed E-state index contributed by atoms with van der Waals surface area (Å²) in [5, 5.41) is -0.491. The van der Waals surface area contributed by atoms with E-state index < -0.39 is 15.1 Å². The van der Waals surface area contributed by atoms with Crippen molar-refractivity contribution in [1.82, 2.24) is 0 Å². The third-order valence-electron chi connectivity index (χ3n) is 2.52. The van der Waals surface area contributed by atoms with Gasteiger partial charge in [-0.3, -0.25) is 0 Å². The number of carbonyl (C=O) groups is 1. The van der Waals surface area contributed by atoms with E-state index in [9.17, 15) is 13.2 Å². The van der Waals surface area contributed by atoms with E-state index in [1.54, 1.807) is 30.3 Å². The van der Waals surface area contributed by atoms with E-state index >= 15 is 0 Å². The van der Waals surface area contributed by atoms with Crippen molar-refractivity contribution >= 4 is 16.1 Å². The molecular weight excluding hydrogens is 228 g/mol. The molecule has 1 aromatic rings. The van der Waals surface area contributed by atoms with Gasteiger partial charge in [0.1, 0.15) is 12.9 Å². The number of rotatable bonds is 5. The number of ether oxygens (including phenoxy) is 1. The summed E-state index contributed by atoms with van der Waals surface area (Å²) < 4.78 is 29.1. The highest BCUT2D eigenvalue weighted by Gasteiger charge is 2.48. The molecular formula is C11H12O4S. The van der Waals surface area contributed by atoms with E-state index in [2.05, 4.69) is 0 Å². The Hall–Kier alpha value is -1.20. The van der Waals surface area contributed by atoms with Gasteiger partial charge in [-0.25, -0.2) is 8.42 Å². The molecule has 16 heavy (non-hydrogen) atoms. The first kappa shape index (κ1) is 11.3. The van der Waals surface area contributed by atoms with Crippen molar-refractivity contribution in [3.8, 4) is 0 Å². The number of hydrogen-bond acceptors (Lipinski definition) is 4. The van der Waals surface area contributed by atoms with Gasteiger partial charge in [0, 0.05) is 0 Å². The molecule has 0 spiro atoms. The second kappa shape index (κ2) is 4.35. The number of aldehydes is 1. The second-order valence-electron chi connectivity index (χ2n) is 3.67. The minimum absolute atomic E-state index is 0.0362. The normalized spacial score (nSPS) is 24.0. The number of sulfone groups is 1. The molecule has 0 saturated heterocycles. The first-order valence-electron chi connectivity index (χ1n) is 5.00. The van der Waals surface area contributed by atoms with E-state index in [1.807, 2.05) is 0 Å². The molecule has 1 saturated carbocycles. The molecule has 5 heteroatoms. The fourth-order valence-electron chi connectivity index (χ4n) is 1.60.